The Balaban J connectivity index is 3.37. The Hall–Kier alpha value is -0.620. The van der Waals surface area contributed by atoms with Crippen LogP contribution in [0.1, 0.15) is 16.1 Å². The van der Waals surface area contributed by atoms with Gasteiger partial charge >= 0.3 is 6.18 Å². The highest BCUT2D eigenvalue weighted by molar-refractivity contribution is 9.10. The van der Waals surface area contributed by atoms with Gasteiger partial charge in [0.2, 0.25) is 0 Å². The molecule has 0 saturated heterocycles. The summed E-state index contributed by atoms with van der Waals surface area (Å²) >= 11 is 8.24. The molecule has 1 aromatic rings. The minimum atomic E-state index is -4.59. The zero-order valence-corrected chi connectivity index (χ0v) is 8.74. The van der Waals surface area contributed by atoms with Crippen molar-refractivity contribution < 1.29 is 18.0 Å². The van der Waals surface area contributed by atoms with Crippen LogP contribution in [0.15, 0.2) is 10.7 Å². The Bertz CT molecular complexity index is 380. The summed E-state index contributed by atoms with van der Waals surface area (Å²) in [5.74, 6) is 0. The highest BCUT2D eigenvalue weighted by atomic mass is 79.9. The predicted molar refractivity (Wildman–Crippen MR) is 47.3 cm³/mol. The lowest BCUT2D eigenvalue weighted by Gasteiger charge is -2.07. The second kappa shape index (κ2) is 3.86. The van der Waals surface area contributed by atoms with Gasteiger partial charge in [0, 0.05) is 5.56 Å². The molecule has 0 unspecified atom stereocenters. The molecule has 14 heavy (non-hydrogen) atoms. The van der Waals surface area contributed by atoms with Gasteiger partial charge in [-0.15, -0.1) is 0 Å². The van der Waals surface area contributed by atoms with Crippen LogP contribution in [0, 0.1) is 0 Å². The molecule has 0 saturated carbocycles. The van der Waals surface area contributed by atoms with E-state index in [1.807, 2.05) is 0 Å². The normalized spacial score (nSPS) is 11.5. The summed E-state index contributed by atoms with van der Waals surface area (Å²) in [6.45, 7) is 0. The topological polar surface area (TPSA) is 30.0 Å². The van der Waals surface area contributed by atoms with E-state index in [0.29, 0.717) is 6.07 Å². The van der Waals surface area contributed by atoms with Crippen LogP contribution in [0.25, 0.3) is 0 Å². The molecular formula is C7H2BrClF3NO. The molecule has 0 aliphatic heterocycles. The van der Waals surface area contributed by atoms with Crippen molar-refractivity contribution in [3.8, 4) is 0 Å². The Labute approximate surface area is 90.2 Å². The van der Waals surface area contributed by atoms with Gasteiger partial charge in [-0.1, -0.05) is 11.6 Å². The summed E-state index contributed by atoms with van der Waals surface area (Å²) in [4.78, 5) is 13.5. The van der Waals surface area contributed by atoms with Crippen molar-refractivity contribution in [3.63, 3.8) is 0 Å². The van der Waals surface area contributed by atoms with Crippen molar-refractivity contribution in [3.05, 3.63) is 26.9 Å². The molecule has 1 heterocycles. The maximum absolute atomic E-state index is 12.2. The quantitative estimate of drug-likeness (QED) is 0.586. The zero-order valence-electron chi connectivity index (χ0n) is 6.40. The summed E-state index contributed by atoms with van der Waals surface area (Å²) in [5.41, 5.74) is -1.41. The average molecular weight is 288 g/mol. The monoisotopic (exact) mass is 287 g/mol. The van der Waals surface area contributed by atoms with E-state index >= 15 is 0 Å². The van der Waals surface area contributed by atoms with E-state index < -0.39 is 11.9 Å². The van der Waals surface area contributed by atoms with Crippen LogP contribution in [-0.2, 0) is 6.18 Å². The Morgan fingerprint density at radius 1 is 1.50 bits per heavy atom. The smallest absolute Gasteiger partial charge is 0.298 e. The molecular weight excluding hydrogens is 286 g/mol. The van der Waals surface area contributed by atoms with Gasteiger partial charge in [0.1, 0.15) is 10.3 Å². The standard InChI is InChI=1S/C7H2BrClF3NO/c8-6-5(9)3(2-14)1-4(13-6)7(10,11)12/h1-2H. The molecule has 0 aromatic carbocycles. The second-order valence-electron chi connectivity index (χ2n) is 2.32. The number of halogens is 5. The Morgan fingerprint density at radius 2 is 2.07 bits per heavy atom. The van der Waals surface area contributed by atoms with Crippen molar-refractivity contribution in [2.75, 3.05) is 0 Å². The summed E-state index contributed by atoms with van der Waals surface area (Å²) in [5, 5.41) is -0.131. The lowest BCUT2D eigenvalue weighted by atomic mass is 10.2. The first kappa shape index (κ1) is 11.5. The summed E-state index contributed by atoms with van der Waals surface area (Å²) in [6, 6.07) is 0.597. The number of alkyl halides is 3. The van der Waals surface area contributed by atoms with Crippen LogP contribution in [0.3, 0.4) is 0 Å². The van der Waals surface area contributed by atoms with Gasteiger partial charge in [0.05, 0.1) is 5.02 Å². The molecule has 0 amide bonds. The molecule has 0 N–H and O–H groups in total. The number of pyridine rings is 1. The molecule has 76 valence electrons. The highest BCUT2D eigenvalue weighted by Gasteiger charge is 2.33. The molecule has 1 rings (SSSR count). The van der Waals surface area contributed by atoms with Gasteiger partial charge in [-0.25, -0.2) is 4.98 Å². The van der Waals surface area contributed by atoms with E-state index in [-0.39, 0.29) is 21.5 Å². The van der Waals surface area contributed by atoms with Gasteiger partial charge in [-0.05, 0) is 22.0 Å². The number of hydrogen-bond donors (Lipinski definition) is 0. The molecule has 0 bridgehead atoms. The molecule has 7 heteroatoms. The summed E-state index contributed by atoms with van der Waals surface area (Å²) < 4.78 is 36.3. The molecule has 0 aliphatic rings. The average Bonchev–Trinajstić information content (AvgIpc) is 2.07. The molecule has 0 aliphatic carbocycles. The molecule has 1 aromatic heterocycles. The summed E-state index contributed by atoms with van der Waals surface area (Å²) in [6.07, 6.45) is -4.35. The maximum Gasteiger partial charge on any atom is 0.433 e. The first-order valence-electron chi connectivity index (χ1n) is 3.24. The van der Waals surface area contributed by atoms with Crippen LogP contribution in [-0.4, -0.2) is 11.3 Å². The predicted octanol–water partition coefficient (Wildman–Crippen LogP) is 3.33. The number of aldehydes is 1. The van der Waals surface area contributed by atoms with Crippen molar-refractivity contribution in [2.24, 2.45) is 0 Å². The fourth-order valence-electron chi connectivity index (χ4n) is 0.748. The molecule has 0 atom stereocenters. The van der Waals surface area contributed by atoms with Gasteiger partial charge in [-0.3, -0.25) is 4.79 Å². The largest absolute Gasteiger partial charge is 0.433 e. The van der Waals surface area contributed by atoms with Gasteiger partial charge in [0.15, 0.2) is 6.29 Å². The van der Waals surface area contributed by atoms with Crippen molar-refractivity contribution >= 4 is 33.8 Å². The lowest BCUT2D eigenvalue weighted by Crippen LogP contribution is -2.09. The number of hydrogen-bond acceptors (Lipinski definition) is 2. The van der Waals surface area contributed by atoms with Crippen molar-refractivity contribution in [1.29, 1.82) is 0 Å². The fourth-order valence-corrected chi connectivity index (χ4v) is 1.31. The molecule has 0 spiro atoms. The number of carbonyl (C=O) groups excluding carboxylic acids is 1. The van der Waals surface area contributed by atoms with Gasteiger partial charge in [0.25, 0.3) is 0 Å². The minimum absolute atomic E-state index is 0.131. The Kier molecular flexibility index (Phi) is 3.16. The van der Waals surface area contributed by atoms with E-state index in [2.05, 4.69) is 20.9 Å². The zero-order chi connectivity index (χ0) is 10.9. The van der Waals surface area contributed by atoms with Crippen molar-refractivity contribution in [1.82, 2.24) is 4.98 Å². The SMILES string of the molecule is O=Cc1cc(C(F)(F)F)nc(Br)c1Cl. The number of carbonyl (C=O) groups is 1. The first-order chi connectivity index (χ1) is 6.36. The van der Waals surface area contributed by atoms with E-state index in [1.54, 1.807) is 0 Å². The van der Waals surface area contributed by atoms with Crippen molar-refractivity contribution in [2.45, 2.75) is 6.18 Å². The lowest BCUT2D eigenvalue weighted by molar-refractivity contribution is -0.141. The van der Waals surface area contributed by atoms with E-state index in [1.165, 1.54) is 0 Å². The van der Waals surface area contributed by atoms with Crippen LogP contribution < -0.4 is 0 Å². The first-order valence-corrected chi connectivity index (χ1v) is 4.41. The maximum atomic E-state index is 12.2. The van der Waals surface area contributed by atoms with Crippen LogP contribution in [0.2, 0.25) is 5.02 Å². The van der Waals surface area contributed by atoms with Crippen LogP contribution >= 0.6 is 27.5 Å². The third-order valence-electron chi connectivity index (χ3n) is 1.36. The molecule has 0 radical (unpaired) electrons. The second-order valence-corrected chi connectivity index (χ2v) is 3.45. The fraction of sp³-hybridized carbons (Fsp3) is 0.143. The molecule has 2 nitrogen and oxygen atoms in total. The van der Waals surface area contributed by atoms with Gasteiger partial charge < -0.3 is 0 Å². The van der Waals surface area contributed by atoms with Gasteiger partial charge in [-0.2, -0.15) is 13.2 Å². The van der Waals surface area contributed by atoms with E-state index in [4.69, 9.17) is 11.6 Å². The molecule has 0 fully saturated rings. The highest BCUT2D eigenvalue weighted by Crippen LogP contribution is 2.32. The third kappa shape index (κ3) is 2.24. The Morgan fingerprint density at radius 3 is 2.50 bits per heavy atom. The summed E-state index contributed by atoms with van der Waals surface area (Å²) in [7, 11) is 0. The van der Waals surface area contributed by atoms with E-state index in [0.717, 1.165) is 0 Å². The third-order valence-corrected chi connectivity index (χ3v) is 2.56. The number of aromatic nitrogens is 1. The number of nitrogens with zero attached hydrogens (tertiary/aromatic N) is 1. The van der Waals surface area contributed by atoms with E-state index in [9.17, 15) is 18.0 Å². The minimum Gasteiger partial charge on any atom is -0.298 e. The number of rotatable bonds is 1. The van der Waals surface area contributed by atoms with Crippen LogP contribution in [0.4, 0.5) is 13.2 Å². The van der Waals surface area contributed by atoms with Crippen LogP contribution in [0.5, 0.6) is 0 Å².